The predicted molar refractivity (Wildman–Crippen MR) is 103 cm³/mol. The summed E-state index contributed by atoms with van der Waals surface area (Å²) < 4.78 is 0. The molecule has 0 spiro atoms. The lowest BCUT2D eigenvalue weighted by Gasteiger charge is -2.37. The minimum Gasteiger partial charge on any atom is -0.378 e. The topological polar surface area (TPSA) is 105 Å². The van der Waals surface area contributed by atoms with Crippen molar-refractivity contribution in [1.29, 1.82) is 0 Å². The van der Waals surface area contributed by atoms with Gasteiger partial charge in [0.15, 0.2) is 0 Å². The molecule has 2 saturated heterocycles. The van der Waals surface area contributed by atoms with Gasteiger partial charge in [-0.15, -0.1) is 0 Å². The van der Waals surface area contributed by atoms with Crippen molar-refractivity contribution in [3.63, 3.8) is 0 Å². The van der Waals surface area contributed by atoms with Gasteiger partial charge in [-0.2, -0.15) is 9.97 Å². The molecule has 2 atom stereocenters. The van der Waals surface area contributed by atoms with E-state index in [2.05, 4.69) is 40.5 Å². The summed E-state index contributed by atoms with van der Waals surface area (Å²) in [4.78, 5) is 26.5. The Bertz CT molecular complexity index is 651. The number of nitrogens with two attached hydrogens (primary N) is 1. The molecule has 2 N–H and O–H groups in total. The zero-order valence-electron chi connectivity index (χ0n) is 15.9. The number of hydrogen-bond donors (Lipinski definition) is 1. The Morgan fingerprint density at radius 3 is 2.27 bits per heavy atom. The van der Waals surface area contributed by atoms with Gasteiger partial charge in [-0.3, -0.25) is 10.1 Å². The van der Waals surface area contributed by atoms with Crippen LogP contribution in [0.4, 0.5) is 23.3 Å². The first kappa shape index (κ1) is 18.6. The van der Waals surface area contributed by atoms with E-state index < -0.39 is 4.92 Å². The van der Waals surface area contributed by atoms with Crippen LogP contribution >= 0.6 is 0 Å². The largest absolute Gasteiger partial charge is 0.378 e. The second kappa shape index (κ2) is 7.61. The van der Waals surface area contributed by atoms with Crippen molar-refractivity contribution < 1.29 is 4.92 Å². The predicted octanol–water partition coefficient (Wildman–Crippen LogP) is 1.59. The van der Waals surface area contributed by atoms with Crippen LogP contribution in [-0.2, 0) is 0 Å². The lowest BCUT2D eigenvalue weighted by molar-refractivity contribution is -0.383. The molecule has 0 aliphatic carbocycles. The maximum Gasteiger partial charge on any atom is 0.353 e. The number of likely N-dealkylation sites (N-methyl/N-ethyl adjacent to an activating group) is 1. The number of rotatable bonds is 4. The molecule has 2 aliphatic heterocycles. The summed E-state index contributed by atoms with van der Waals surface area (Å²) in [5.74, 6) is 1.91. The third-order valence-corrected chi connectivity index (χ3v) is 5.33. The van der Waals surface area contributed by atoms with Gasteiger partial charge in [0.05, 0.1) is 4.92 Å². The lowest BCUT2D eigenvalue weighted by Crippen LogP contribution is -2.47. The number of piperazine rings is 1. The van der Waals surface area contributed by atoms with E-state index in [-0.39, 0.29) is 11.5 Å². The van der Waals surface area contributed by atoms with Gasteiger partial charge >= 0.3 is 5.69 Å². The molecule has 1 aromatic rings. The molecule has 0 bridgehead atoms. The van der Waals surface area contributed by atoms with Crippen LogP contribution in [0.3, 0.4) is 0 Å². The molecule has 144 valence electrons. The van der Waals surface area contributed by atoms with Crippen molar-refractivity contribution in [3.8, 4) is 0 Å². The highest BCUT2D eigenvalue weighted by molar-refractivity contribution is 5.71. The molecule has 2 fully saturated rings. The van der Waals surface area contributed by atoms with E-state index in [9.17, 15) is 10.1 Å². The van der Waals surface area contributed by atoms with E-state index in [0.29, 0.717) is 36.7 Å². The number of piperidine rings is 1. The summed E-state index contributed by atoms with van der Waals surface area (Å²) >= 11 is 0. The third kappa shape index (κ3) is 3.82. The van der Waals surface area contributed by atoms with E-state index in [1.165, 1.54) is 6.42 Å². The highest BCUT2D eigenvalue weighted by Crippen LogP contribution is 2.34. The fourth-order valence-electron chi connectivity index (χ4n) is 4.09. The molecular formula is C17H29N7O2. The molecule has 0 radical (unpaired) electrons. The standard InChI is InChI=1S/C17H29N7O2/c1-4-21-5-7-22(8-6-21)16-14(24(25)26)15(18)19-17(20-16)23-10-12(2)9-13(3)11-23/h12-13H,4-11H2,1-3H3,(H2,18,19,20)/t12-,13+. The summed E-state index contributed by atoms with van der Waals surface area (Å²) in [7, 11) is 0. The molecule has 0 unspecified atom stereocenters. The molecule has 9 heteroatoms. The van der Waals surface area contributed by atoms with Crippen molar-refractivity contribution in [2.75, 3.05) is 61.3 Å². The minimum atomic E-state index is -0.456. The molecule has 3 rings (SSSR count). The Morgan fingerprint density at radius 1 is 1.12 bits per heavy atom. The summed E-state index contributed by atoms with van der Waals surface area (Å²) in [6.45, 7) is 12.4. The van der Waals surface area contributed by atoms with Crippen LogP contribution in [0.15, 0.2) is 0 Å². The molecule has 0 aromatic carbocycles. The Hall–Kier alpha value is -2.16. The van der Waals surface area contributed by atoms with Gasteiger partial charge in [0.25, 0.3) is 0 Å². The number of hydrogen-bond acceptors (Lipinski definition) is 8. The summed E-state index contributed by atoms with van der Waals surface area (Å²) in [6, 6.07) is 0. The summed E-state index contributed by atoms with van der Waals surface area (Å²) in [5.41, 5.74) is 5.83. The normalized spacial score (nSPS) is 24.7. The number of nitrogens with zero attached hydrogens (tertiary/aromatic N) is 6. The van der Waals surface area contributed by atoms with Crippen LogP contribution in [0.25, 0.3) is 0 Å². The van der Waals surface area contributed by atoms with Gasteiger partial charge < -0.3 is 20.4 Å². The Morgan fingerprint density at radius 2 is 1.73 bits per heavy atom. The average Bonchev–Trinajstić information content (AvgIpc) is 2.60. The van der Waals surface area contributed by atoms with E-state index in [1.807, 2.05) is 4.90 Å². The van der Waals surface area contributed by atoms with E-state index in [0.717, 1.165) is 32.7 Å². The first-order chi connectivity index (χ1) is 12.4. The second-order valence-corrected chi connectivity index (χ2v) is 7.61. The molecule has 9 nitrogen and oxygen atoms in total. The monoisotopic (exact) mass is 363 g/mol. The lowest BCUT2D eigenvalue weighted by atomic mass is 9.92. The van der Waals surface area contributed by atoms with E-state index in [1.54, 1.807) is 0 Å². The van der Waals surface area contributed by atoms with Crippen LogP contribution < -0.4 is 15.5 Å². The van der Waals surface area contributed by atoms with Gasteiger partial charge in [0.1, 0.15) is 0 Å². The SMILES string of the molecule is CCN1CCN(c2nc(N3C[C@H](C)C[C@H](C)C3)nc(N)c2[N+](=O)[O-])CC1. The molecular weight excluding hydrogens is 334 g/mol. The van der Waals surface area contributed by atoms with Crippen LogP contribution in [0.1, 0.15) is 27.2 Å². The first-order valence-electron chi connectivity index (χ1n) is 9.43. The number of aromatic nitrogens is 2. The molecule has 2 aliphatic rings. The zero-order chi connectivity index (χ0) is 18.8. The van der Waals surface area contributed by atoms with Crippen molar-refractivity contribution in [3.05, 3.63) is 10.1 Å². The van der Waals surface area contributed by atoms with Gasteiger partial charge in [-0.1, -0.05) is 20.8 Å². The van der Waals surface area contributed by atoms with Crippen molar-refractivity contribution >= 4 is 23.3 Å². The number of anilines is 3. The molecule has 0 saturated carbocycles. The Labute approximate surface area is 154 Å². The third-order valence-electron chi connectivity index (χ3n) is 5.33. The van der Waals surface area contributed by atoms with Crippen molar-refractivity contribution in [2.24, 2.45) is 11.8 Å². The number of nitro groups is 1. The smallest absolute Gasteiger partial charge is 0.353 e. The average molecular weight is 363 g/mol. The molecule has 3 heterocycles. The van der Waals surface area contributed by atoms with Crippen LogP contribution in [-0.4, -0.2) is 65.6 Å². The van der Waals surface area contributed by atoms with Gasteiger partial charge in [-0.05, 0) is 24.8 Å². The Kier molecular flexibility index (Phi) is 5.45. The van der Waals surface area contributed by atoms with Crippen molar-refractivity contribution in [2.45, 2.75) is 27.2 Å². The first-order valence-corrected chi connectivity index (χ1v) is 9.43. The van der Waals surface area contributed by atoms with E-state index >= 15 is 0 Å². The maximum absolute atomic E-state index is 11.6. The highest BCUT2D eigenvalue weighted by Gasteiger charge is 2.32. The van der Waals surface area contributed by atoms with Gasteiger partial charge in [0.2, 0.25) is 17.6 Å². The second-order valence-electron chi connectivity index (χ2n) is 7.61. The fourth-order valence-corrected chi connectivity index (χ4v) is 4.09. The zero-order valence-corrected chi connectivity index (χ0v) is 15.9. The maximum atomic E-state index is 11.6. The van der Waals surface area contributed by atoms with Crippen molar-refractivity contribution in [1.82, 2.24) is 14.9 Å². The minimum absolute atomic E-state index is 0.0428. The molecule has 0 amide bonds. The van der Waals surface area contributed by atoms with Crippen LogP contribution in [0, 0.1) is 22.0 Å². The van der Waals surface area contributed by atoms with Crippen LogP contribution in [0.5, 0.6) is 0 Å². The quantitative estimate of drug-likeness (QED) is 0.635. The molecule has 1 aromatic heterocycles. The highest BCUT2D eigenvalue weighted by atomic mass is 16.6. The number of nitrogen functional groups attached to an aromatic ring is 1. The van der Waals surface area contributed by atoms with E-state index in [4.69, 9.17) is 5.73 Å². The van der Waals surface area contributed by atoms with Gasteiger partial charge in [-0.25, -0.2) is 0 Å². The summed E-state index contributed by atoms with van der Waals surface area (Å²) in [6.07, 6.45) is 1.17. The van der Waals surface area contributed by atoms with Crippen LogP contribution in [0.2, 0.25) is 0 Å². The Balaban J connectivity index is 1.93. The van der Waals surface area contributed by atoms with Gasteiger partial charge in [0, 0.05) is 39.3 Å². The fraction of sp³-hybridized carbons (Fsp3) is 0.765. The molecule has 26 heavy (non-hydrogen) atoms. The summed E-state index contributed by atoms with van der Waals surface area (Å²) in [5, 5.41) is 11.6.